The molecular weight excluding hydrogens is 865 g/mol. The highest BCUT2D eigenvalue weighted by Crippen LogP contribution is 2.12. The molecule has 0 aliphatic heterocycles. The van der Waals surface area contributed by atoms with Crippen molar-refractivity contribution >= 4 is 17.9 Å². The second kappa shape index (κ2) is 56.9. The van der Waals surface area contributed by atoms with Gasteiger partial charge in [-0.3, -0.25) is 14.4 Å². The highest BCUT2D eigenvalue weighted by Gasteiger charge is 2.19. The predicted molar refractivity (Wildman–Crippen MR) is 302 cm³/mol. The Kier molecular flexibility index (Phi) is 53.0. The summed E-state index contributed by atoms with van der Waals surface area (Å²) in [5.41, 5.74) is 0. The minimum absolute atomic E-state index is 0.103. The zero-order chi connectivity index (χ0) is 50.7. The van der Waals surface area contributed by atoms with Crippen molar-refractivity contribution in [1.29, 1.82) is 0 Å². The van der Waals surface area contributed by atoms with Crippen LogP contribution in [0.2, 0.25) is 0 Å². The normalized spacial score (nSPS) is 13.2. The molecular formula is C64H100O6. The predicted octanol–water partition coefficient (Wildman–Crippen LogP) is 18.8. The van der Waals surface area contributed by atoms with E-state index in [4.69, 9.17) is 14.2 Å². The minimum atomic E-state index is -0.806. The van der Waals surface area contributed by atoms with E-state index in [0.717, 1.165) is 161 Å². The van der Waals surface area contributed by atoms with Crippen LogP contribution in [0.4, 0.5) is 0 Å². The molecule has 0 saturated carbocycles. The molecule has 0 bridgehead atoms. The summed E-state index contributed by atoms with van der Waals surface area (Å²) in [6.07, 6.45) is 81.5. The van der Waals surface area contributed by atoms with Crippen LogP contribution in [-0.4, -0.2) is 37.2 Å². The molecule has 0 aromatic carbocycles. The molecule has 0 aliphatic rings. The van der Waals surface area contributed by atoms with Crippen LogP contribution in [0.1, 0.15) is 220 Å². The molecule has 6 nitrogen and oxygen atoms in total. The summed E-state index contributed by atoms with van der Waals surface area (Å²) in [4.78, 5) is 37.9. The summed E-state index contributed by atoms with van der Waals surface area (Å²) >= 11 is 0. The number of rotatable bonds is 48. The van der Waals surface area contributed by atoms with Gasteiger partial charge in [0.05, 0.1) is 0 Å². The molecule has 0 fully saturated rings. The summed E-state index contributed by atoms with van der Waals surface area (Å²) in [5.74, 6) is -0.973. The van der Waals surface area contributed by atoms with Crippen LogP contribution in [0.5, 0.6) is 0 Å². The number of ether oxygens (including phenoxy) is 3. The molecule has 1 unspecified atom stereocenters. The van der Waals surface area contributed by atoms with E-state index < -0.39 is 6.10 Å². The summed E-state index contributed by atoms with van der Waals surface area (Å²) in [5, 5.41) is 0. The summed E-state index contributed by atoms with van der Waals surface area (Å²) in [6.45, 7) is 6.29. The topological polar surface area (TPSA) is 78.9 Å². The van der Waals surface area contributed by atoms with Gasteiger partial charge in [0.15, 0.2) is 6.10 Å². The van der Waals surface area contributed by atoms with Crippen molar-refractivity contribution in [2.45, 2.75) is 226 Å². The van der Waals surface area contributed by atoms with Gasteiger partial charge in [0.25, 0.3) is 0 Å². The lowest BCUT2D eigenvalue weighted by Gasteiger charge is -2.18. The lowest BCUT2D eigenvalue weighted by Crippen LogP contribution is -2.30. The summed E-state index contributed by atoms with van der Waals surface area (Å²) in [6, 6.07) is 0. The fourth-order valence-electron chi connectivity index (χ4n) is 6.98. The third-order valence-electron chi connectivity index (χ3n) is 11.1. The van der Waals surface area contributed by atoms with E-state index in [1.54, 1.807) is 0 Å². The first-order valence-corrected chi connectivity index (χ1v) is 27.8. The fraction of sp³-hybridized carbons (Fsp3) is 0.578. The van der Waals surface area contributed by atoms with E-state index in [2.05, 4.69) is 167 Å². The van der Waals surface area contributed by atoms with Crippen molar-refractivity contribution in [2.75, 3.05) is 13.2 Å². The minimum Gasteiger partial charge on any atom is -0.462 e. The van der Waals surface area contributed by atoms with E-state index in [9.17, 15) is 14.4 Å². The van der Waals surface area contributed by atoms with Crippen molar-refractivity contribution in [3.05, 3.63) is 146 Å². The van der Waals surface area contributed by atoms with Crippen LogP contribution in [-0.2, 0) is 28.6 Å². The van der Waals surface area contributed by atoms with E-state index in [0.29, 0.717) is 12.8 Å². The molecule has 0 rings (SSSR count). The zero-order valence-corrected chi connectivity index (χ0v) is 44.7. The van der Waals surface area contributed by atoms with Crippen molar-refractivity contribution in [2.24, 2.45) is 0 Å². The quantitative estimate of drug-likeness (QED) is 0.0262. The van der Waals surface area contributed by atoms with E-state index in [1.807, 2.05) is 0 Å². The van der Waals surface area contributed by atoms with Crippen LogP contribution in [0.3, 0.4) is 0 Å². The Morgan fingerprint density at radius 3 is 0.871 bits per heavy atom. The molecule has 0 radical (unpaired) electrons. The monoisotopic (exact) mass is 965 g/mol. The number of carbonyl (C=O) groups excluding carboxylic acids is 3. The van der Waals surface area contributed by atoms with Gasteiger partial charge in [0.2, 0.25) is 0 Å². The molecule has 392 valence electrons. The standard InChI is InChI=1S/C64H100O6/c1-4-7-10-13-16-18-20-22-24-26-28-30-32-34-36-38-40-42-44-46-48-51-54-57-63(66)69-60-61(59-68-62(65)56-53-50-15-12-9-6-3)70-64(67)58-55-52-49-47-45-43-41-39-37-35-33-31-29-27-25-23-21-19-17-14-11-8-5-2/h7-8,10-11,16-19,22-25,28-31,34-37,40-43,61H,4-6,9,12-15,20-21,26-27,32-33,38-39,44-60H2,1-3H3/b10-7-,11-8-,18-16-,19-17-,24-22-,25-23-,30-28-,31-29-,36-34-,37-35-,42-40-,43-41-. The lowest BCUT2D eigenvalue weighted by atomic mass is 10.1. The third kappa shape index (κ3) is 54.2. The smallest absolute Gasteiger partial charge is 0.306 e. The molecule has 1 atom stereocenters. The van der Waals surface area contributed by atoms with E-state index >= 15 is 0 Å². The van der Waals surface area contributed by atoms with Crippen LogP contribution in [0, 0.1) is 0 Å². The Bertz CT molecular complexity index is 1580. The highest BCUT2D eigenvalue weighted by molar-refractivity contribution is 5.71. The number of allylic oxidation sites excluding steroid dienone is 24. The van der Waals surface area contributed by atoms with Gasteiger partial charge in [0.1, 0.15) is 13.2 Å². The number of unbranched alkanes of at least 4 members (excludes halogenated alkanes) is 13. The molecule has 0 amide bonds. The van der Waals surface area contributed by atoms with Gasteiger partial charge in [-0.1, -0.05) is 224 Å². The Hall–Kier alpha value is -4.71. The van der Waals surface area contributed by atoms with Crippen molar-refractivity contribution in [1.82, 2.24) is 0 Å². The average Bonchev–Trinajstić information content (AvgIpc) is 3.36. The maximum Gasteiger partial charge on any atom is 0.306 e. The SMILES string of the molecule is CC/C=C\C/C=C\C/C=C\C/C=C\C/C=C\C/C=C\CCCCCCC(=O)OCC(COC(=O)CCCCCCCC)OC(=O)CCCCCC/C=C\C/C=C\C/C=C\C/C=C\C/C=C\C/C=C\CC. The molecule has 70 heavy (non-hydrogen) atoms. The fourth-order valence-corrected chi connectivity index (χ4v) is 6.98. The highest BCUT2D eigenvalue weighted by atomic mass is 16.6. The molecule has 0 aliphatic carbocycles. The number of esters is 3. The lowest BCUT2D eigenvalue weighted by molar-refractivity contribution is -0.167. The van der Waals surface area contributed by atoms with Crippen molar-refractivity contribution in [3.8, 4) is 0 Å². The van der Waals surface area contributed by atoms with Crippen LogP contribution in [0.15, 0.2) is 146 Å². The van der Waals surface area contributed by atoms with Gasteiger partial charge in [0, 0.05) is 19.3 Å². The molecule has 0 heterocycles. The first-order chi connectivity index (χ1) is 34.5. The van der Waals surface area contributed by atoms with Crippen LogP contribution < -0.4 is 0 Å². The number of hydrogen-bond acceptors (Lipinski definition) is 6. The molecule has 0 aromatic heterocycles. The second-order valence-electron chi connectivity index (χ2n) is 17.7. The van der Waals surface area contributed by atoms with Crippen molar-refractivity contribution in [3.63, 3.8) is 0 Å². The van der Waals surface area contributed by atoms with Gasteiger partial charge >= 0.3 is 17.9 Å². The Morgan fingerprint density at radius 2 is 0.557 bits per heavy atom. The maximum atomic E-state index is 12.8. The number of carbonyl (C=O) groups is 3. The molecule has 0 aromatic rings. The van der Waals surface area contributed by atoms with Crippen molar-refractivity contribution < 1.29 is 28.6 Å². The molecule has 0 saturated heterocycles. The van der Waals surface area contributed by atoms with Crippen LogP contribution in [0.25, 0.3) is 0 Å². The summed E-state index contributed by atoms with van der Waals surface area (Å²) in [7, 11) is 0. The molecule has 0 N–H and O–H groups in total. The molecule has 0 spiro atoms. The van der Waals surface area contributed by atoms with Gasteiger partial charge in [-0.15, -0.1) is 0 Å². The molecule has 6 heteroatoms. The average molecular weight is 965 g/mol. The second-order valence-corrected chi connectivity index (χ2v) is 17.7. The van der Waals surface area contributed by atoms with E-state index in [-0.39, 0.29) is 37.5 Å². The first-order valence-electron chi connectivity index (χ1n) is 27.8. The Balaban J connectivity index is 4.33. The number of hydrogen-bond donors (Lipinski definition) is 0. The third-order valence-corrected chi connectivity index (χ3v) is 11.1. The Morgan fingerprint density at radius 1 is 0.300 bits per heavy atom. The first kappa shape index (κ1) is 65.3. The largest absolute Gasteiger partial charge is 0.462 e. The van der Waals surface area contributed by atoms with E-state index in [1.165, 1.54) is 19.3 Å². The zero-order valence-electron chi connectivity index (χ0n) is 44.7. The van der Waals surface area contributed by atoms with Crippen LogP contribution >= 0.6 is 0 Å². The Labute approximate surface area is 429 Å². The van der Waals surface area contributed by atoms with Gasteiger partial charge in [-0.2, -0.15) is 0 Å². The van der Waals surface area contributed by atoms with Gasteiger partial charge < -0.3 is 14.2 Å². The maximum absolute atomic E-state index is 12.8. The van der Waals surface area contributed by atoms with Gasteiger partial charge in [-0.25, -0.2) is 0 Å². The summed E-state index contributed by atoms with van der Waals surface area (Å²) < 4.78 is 16.7. The van der Waals surface area contributed by atoms with Gasteiger partial charge in [-0.05, 0) is 122 Å².